The molecule has 0 saturated heterocycles. The Hall–Kier alpha value is -1.27. The van der Waals surface area contributed by atoms with E-state index in [2.05, 4.69) is 15.6 Å². The monoisotopic (exact) mass is 505 g/mol. The van der Waals surface area contributed by atoms with Gasteiger partial charge in [-0.25, -0.2) is 0 Å². The molecule has 1 aromatic rings. The van der Waals surface area contributed by atoms with Gasteiger partial charge in [0.2, 0.25) is 0 Å². The molecule has 6 nitrogen and oxygen atoms in total. The van der Waals surface area contributed by atoms with Gasteiger partial charge in [0, 0.05) is 19.7 Å². The number of hydrogen-bond acceptors (Lipinski definition) is 4. The Bertz CT molecular complexity index is 560. The molecular weight excluding hydrogens is 478 g/mol. The van der Waals surface area contributed by atoms with Crippen LogP contribution in [0.5, 0.6) is 5.75 Å². The average molecular weight is 505 g/mol. The van der Waals surface area contributed by atoms with E-state index in [0.717, 1.165) is 12.1 Å². The van der Waals surface area contributed by atoms with Crippen LogP contribution < -0.4 is 15.4 Å². The molecule has 156 valence electrons. The van der Waals surface area contributed by atoms with E-state index in [-0.39, 0.29) is 42.9 Å². The molecule has 1 atom stereocenters. The van der Waals surface area contributed by atoms with Crippen molar-refractivity contribution in [2.45, 2.75) is 26.1 Å². The first-order chi connectivity index (χ1) is 12.4. The van der Waals surface area contributed by atoms with Crippen molar-refractivity contribution in [3.05, 3.63) is 29.8 Å². The highest BCUT2D eigenvalue weighted by Crippen LogP contribution is 2.31. The summed E-state index contributed by atoms with van der Waals surface area (Å²) in [7, 11) is 0. The van der Waals surface area contributed by atoms with E-state index in [4.69, 9.17) is 9.47 Å². The molecule has 0 amide bonds. The van der Waals surface area contributed by atoms with Gasteiger partial charge in [0.15, 0.2) is 5.96 Å². The number of guanidine groups is 1. The zero-order chi connectivity index (χ0) is 19.4. The summed E-state index contributed by atoms with van der Waals surface area (Å²) in [5.41, 5.74) is -0.796. The largest absolute Gasteiger partial charge is 0.491 e. The van der Waals surface area contributed by atoms with E-state index in [1.807, 2.05) is 13.8 Å². The first kappa shape index (κ1) is 25.7. The molecule has 0 aliphatic rings. The number of halogens is 4. The smallest absolute Gasteiger partial charge is 0.416 e. The summed E-state index contributed by atoms with van der Waals surface area (Å²) in [4.78, 5) is 4.21. The Kier molecular flexibility index (Phi) is 13.2. The molecule has 27 heavy (non-hydrogen) atoms. The fraction of sp³-hybridized carbons (Fsp3) is 0.588. The van der Waals surface area contributed by atoms with Gasteiger partial charge in [-0.15, -0.1) is 24.0 Å². The molecule has 0 aliphatic carbocycles. The fourth-order valence-corrected chi connectivity index (χ4v) is 1.93. The molecule has 0 saturated carbocycles. The first-order valence-corrected chi connectivity index (χ1v) is 8.44. The summed E-state index contributed by atoms with van der Waals surface area (Å²) < 4.78 is 48.4. The summed E-state index contributed by atoms with van der Waals surface area (Å²) in [6, 6.07) is 4.53. The van der Waals surface area contributed by atoms with Crippen molar-refractivity contribution >= 4 is 29.9 Å². The second-order valence-electron chi connectivity index (χ2n) is 5.33. The van der Waals surface area contributed by atoms with Crippen LogP contribution in [0.15, 0.2) is 29.3 Å². The van der Waals surface area contributed by atoms with Crippen molar-refractivity contribution in [2.75, 3.05) is 39.5 Å². The Labute approximate surface area is 174 Å². The van der Waals surface area contributed by atoms with E-state index < -0.39 is 17.8 Å². The summed E-state index contributed by atoms with van der Waals surface area (Å²) in [5.74, 6) is 0.565. The zero-order valence-corrected chi connectivity index (χ0v) is 17.7. The van der Waals surface area contributed by atoms with Gasteiger partial charge < -0.3 is 25.2 Å². The molecule has 1 rings (SSSR count). The number of alkyl halides is 3. The number of nitrogens with one attached hydrogen (secondary N) is 2. The minimum atomic E-state index is -4.43. The van der Waals surface area contributed by atoms with Crippen LogP contribution >= 0.6 is 24.0 Å². The number of benzene rings is 1. The van der Waals surface area contributed by atoms with E-state index in [1.165, 1.54) is 12.1 Å². The minimum absolute atomic E-state index is 0. The normalized spacial score (nSPS) is 12.9. The standard InChI is InChI=1S/C17H26F3N3O3.HI/c1-3-21-16(22-8-9-25-4-2)23-11-14(24)12-26-15-7-5-6-13(10-15)17(18,19)20;/h5-7,10,14,24H,3-4,8-9,11-12H2,1-2H3,(H2,21,22,23);1H. The van der Waals surface area contributed by atoms with E-state index in [0.29, 0.717) is 32.3 Å². The highest BCUT2D eigenvalue weighted by molar-refractivity contribution is 14.0. The third kappa shape index (κ3) is 11.2. The van der Waals surface area contributed by atoms with Crippen molar-refractivity contribution in [2.24, 2.45) is 4.99 Å². The Balaban J connectivity index is 0.00000676. The molecule has 0 heterocycles. The van der Waals surface area contributed by atoms with Gasteiger partial charge in [0.05, 0.1) is 18.7 Å². The SMILES string of the molecule is CCNC(=NCC(O)COc1cccc(C(F)(F)F)c1)NCCOCC.I. The molecule has 0 aromatic heterocycles. The average Bonchev–Trinajstić information content (AvgIpc) is 2.61. The molecular formula is C17H27F3IN3O3. The fourth-order valence-electron chi connectivity index (χ4n) is 1.93. The van der Waals surface area contributed by atoms with Gasteiger partial charge in [-0.3, -0.25) is 4.99 Å². The maximum absolute atomic E-state index is 12.7. The van der Waals surface area contributed by atoms with Crippen LogP contribution in [0, 0.1) is 0 Å². The van der Waals surface area contributed by atoms with Crippen LogP contribution in [0.3, 0.4) is 0 Å². The van der Waals surface area contributed by atoms with Crippen LogP contribution in [0.4, 0.5) is 13.2 Å². The molecule has 3 N–H and O–H groups in total. The second-order valence-corrected chi connectivity index (χ2v) is 5.33. The van der Waals surface area contributed by atoms with Gasteiger partial charge in [0.1, 0.15) is 18.5 Å². The van der Waals surface area contributed by atoms with Gasteiger partial charge in [0.25, 0.3) is 0 Å². The summed E-state index contributed by atoms with van der Waals surface area (Å²) in [6.07, 6.45) is -5.39. The van der Waals surface area contributed by atoms with Crippen molar-refractivity contribution in [3.63, 3.8) is 0 Å². The van der Waals surface area contributed by atoms with Crippen molar-refractivity contribution < 1.29 is 27.8 Å². The molecule has 10 heteroatoms. The first-order valence-electron chi connectivity index (χ1n) is 8.44. The molecule has 0 fully saturated rings. The van der Waals surface area contributed by atoms with Crippen LogP contribution in [-0.4, -0.2) is 56.6 Å². The Morgan fingerprint density at radius 1 is 1.26 bits per heavy atom. The topological polar surface area (TPSA) is 75.1 Å². The number of aliphatic hydroxyl groups is 1. The Morgan fingerprint density at radius 2 is 2.00 bits per heavy atom. The quantitative estimate of drug-likeness (QED) is 0.198. The highest BCUT2D eigenvalue weighted by Gasteiger charge is 2.30. The third-order valence-corrected chi connectivity index (χ3v) is 3.15. The number of nitrogens with zero attached hydrogens (tertiary/aromatic N) is 1. The lowest BCUT2D eigenvalue weighted by Gasteiger charge is -2.14. The number of aliphatic imine (C=N–C) groups is 1. The predicted octanol–water partition coefficient (Wildman–Crippen LogP) is 2.65. The maximum Gasteiger partial charge on any atom is 0.416 e. The van der Waals surface area contributed by atoms with Crippen LogP contribution in [0.1, 0.15) is 19.4 Å². The van der Waals surface area contributed by atoms with E-state index in [9.17, 15) is 18.3 Å². The van der Waals surface area contributed by atoms with E-state index >= 15 is 0 Å². The molecule has 1 aromatic carbocycles. The molecule has 0 bridgehead atoms. The second kappa shape index (κ2) is 13.8. The Morgan fingerprint density at radius 3 is 2.63 bits per heavy atom. The van der Waals surface area contributed by atoms with E-state index in [1.54, 1.807) is 0 Å². The summed E-state index contributed by atoms with van der Waals surface area (Å²) in [6.45, 7) is 6.07. The number of rotatable bonds is 10. The number of hydrogen-bond donors (Lipinski definition) is 3. The molecule has 0 radical (unpaired) electrons. The lowest BCUT2D eigenvalue weighted by Crippen LogP contribution is -2.39. The number of ether oxygens (including phenoxy) is 2. The molecule has 1 unspecified atom stereocenters. The van der Waals surface area contributed by atoms with Gasteiger partial charge in [-0.2, -0.15) is 13.2 Å². The lowest BCUT2D eigenvalue weighted by atomic mass is 10.2. The third-order valence-electron chi connectivity index (χ3n) is 3.15. The predicted molar refractivity (Wildman–Crippen MR) is 109 cm³/mol. The minimum Gasteiger partial charge on any atom is -0.491 e. The van der Waals surface area contributed by atoms with Crippen LogP contribution in [0.25, 0.3) is 0 Å². The van der Waals surface area contributed by atoms with Crippen LogP contribution in [0.2, 0.25) is 0 Å². The number of aliphatic hydroxyl groups excluding tert-OH is 1. The van der Waals surface area contributed by atoms with Crippen molar-refractivity contribution in [1.82, 2.24) is 10.6 Å². The van der Waals surface area contributed by atoms with Crippen molar-refractivity contribution in [3.8, 4) is 5.75 Å². The maximum atomic E-state index is 12.7. The zero-order valence-electron chi connectivity index (χ0n) is 15.4. The summed E-state index contributed by atoms with van der Waals surface area (Å²) >= 11 is 0. The van der Waals surface area contributed by atoms with Gasteiger partial charge >= 0.3 is 6.18 Å². The van der Waals surface area contributed by atoms with Gasteiger partial charge in [-0.05, 0) is 32.0 Å². The van der Waals surface area contributed by atoms with Gasteiger partial charge in [-0.1, -0.05) is 6.07 Å². The summed E-state index contributed by atoms with van der Waals surface area (Å²) in [5, 5.41) is 16.0. The lowest BCUT2D eigenvalue weighted by molar-refractivity contribution is -0.137. The molecule has 0 spiro atoms. The van der Waals surface area contributed by atoms with Crippen LogP contribution in [-0.2, 0) is 10.9 Å². The highest BCUT2D eigenvalue weighted by atomic mass is 127. The van der Waals surface area contributed by atoms with Crippen molar-refractivity contribution in [1.29, 1.82) is 0 Å². The molecule has 0 aliphatic heterocycles.